The third kappa shape index (κ3) is 7.81. The molecule has 2 aromatic heterocycles. The van der Waals surface area contributed by atoms with E-state index in [9.17, 15) is 21.6 Å². The van der Waals surface area contributed by atoms with Crippen molar-refractivity contribution in [2.24, 2.45) is 0 Å². The van der Waals surface area contributed by atoms with Crippen LogP contribution < -0.4 is 19.4 Å². The second-order valence-corrected chi connectivity index (χ2v) is 12.0. The monoisotopic (exact) mass is 552 g/mol. The molecule has 12 nitrogen and oxygen atoms in total. The standard InChI is InChI=1S/C22H28N6O3S.CH4O3S/c1-4-26(2)20-6-5-9-23-22(20)27-10-11-28(18(14-27)15-29)21-13-16-12-17(25-32(3,30)31)7-8-19(16)24-21;1-5(2,3)4/h5-9,12-13,15,18,24-25H,4,10-11,14H2,1-3H3;1H3,(H,2,3,4). The van der Waals surface area contributed by atoms with Crippen LogP contribution in [-0.2, 0) is 24.9 Å². The van der Waals surface area contributed by atoms with E-state index in [2.05, 4.69) is 36.3 Å². The van der Waals surface area contributed by atoms with Crippen molar-refractivity contribution in [3.63, 3.8) is 0 Å². The molecule has 0 radical (unpaired) electrons. The molecule has 3 aromatic rings. The second-order valence-electron chi connectivity index (χ2n) is 8.77. The third-order valence-corrected chi connectivity index (χ3v) is 6.35. The van der Waals surface area contributed by atoms with Gasteiger partial charge in [0.25, 0.3) is 10.1 Å². The van der Waals surface area contributed by atoms with Gasteiger partial charge in [-0.25, -0.2) is 13.4 Å². The summed E-state index contributed by atoms with van der Waals surface area (Å²) in [6.07, 6.45) is 4.59. The lowest BCUT2D eigenvalue weighted by Crippen LogP contribution is -2.54. The number of aromatic nitrogens is 2. The maximum absolute atomic E-state index is 12.0. The summed E-state index contributed by atoms with van der Waals surface area (Å²) in [5.41, 5.74) is 2.43. The summed E-state index contributed by atoms with van der Waals surface area (Å²) in [5.74, 6) is 1.72. The Morgan fingerprint density at radius 1 is 1.19 bits per heavy atom. The molecule has 4 rings (SSSR count). The fraction of sp³-hybridized carbons (Fsp3) is 0.391. The zero-order chi connectivity index (χ0) is 27.4. The Labute approximate surface area is 217 Å². The highest BCUT2D eigenvalue weighted by Gasteiger charge is 2.30. The van der Waals surface area contributed by atoms with Gasteiger partial charge in [-0.15, -0.1) is 0 Å². The van der Waals surface area contributed by atoms with E-state index in [1.165, 1.54) is 0 Å². The minimum Gasteiger partial charge on any atom is -0.372 e. The van der Waals surface area contributed by atoms with Crippen molar-refractivity contribution in [2.75, 3.05) is 65.2 Å². The summed E-state index contributed by atoms with van der Waals surface area (Å²) in [4.78, 5) is 26.3. The summed E-state index contributed by atoms with van der Waals surface area (Å²) in [5, 5.41) is 0.873. The first-order chi connectivity index (χ1) is 17.3. The highest BCUT2D eigenvalue weighted by Crippen LogP contribution is 2.31. The van der Waals surface area contributed by atoms with Crippen molar-refractivity contribution in [3.05, 3.63) is 42.6 Å². The Bertz CT molecular complexity index is 1450. The number of rotatable bonds is 7. The summed E-state index contributed by atoms with van der Waals surface area (Å²) < 4.78 is 51.4. The van der Waals surface area contributed by atoms with Gasteiger partial charge in [0.2, 0.25) is 10.0 Å². The average molecular weight is 553 g/mol. The fourth-order valence-electron chi connectivity index (χ4n) is 4.07. The predicted molar refractivity (Wildman–Crippen MR) is 147 cm³/mol. The van der Waals surface area contributed by atoms with Crippen molar-refractivity contribution in [3.8, 4) is 0 Å². The minimum atomic E-state index is -3.67. The number of H-pyrrole nitrogens is 1. The van der Waals surface area contributed by atoms with Crippen molar-refractivity contribution < 1.29 is 26.2 Å². The number of piperazine rings is 1. The highest BCUT2D eigenvalue weighted by atomic mass is 32.2. The van der Waals surface area contributed by atoms with Gasteiger partial charge in [-0.3, -0.25) is 9.27 Å². The van der Waals surface area contributed by atoms with Gasteiger partial charge in [-0.05, 0) is 43.3 Å². The molecule has 3 heterocycles. The highest BCUT2D eigenvalue weighted by molar-refractivity contribution is 7.92. The van der Waals surface area contributed by atoms with Crippen molar-refractivity contribution in [1.29, 1.82) is 0 Å². The normalized spacial score (nSPS) is 16.2. The number of benzene rings is 1. The van der Waals surface area contributed by atoms with Gasteiger partial charge in [0, 0.05) is 56.0 Å². The number of hydrogen-bond acceptors (Lipinski definition) is 9. The van der Waals surface area contributed by atoms with Gasteiger partial charge < -0.3 is 24.5 Å². The van der Waals surface area contributed by atoms with Crippen molar-refractivity contribution in [1.82, 2.24) is 9.97 Å². The van der Waals surface area contributed by atoms with Crippen molar-refractivity contribution >= 4 is 60.3 Å². The van der Waals surface area contributed by atoms with Crippen LogP contribution in [0.1, 0.15) is 6.92 Å². The molecule has 1 fully saturated rings. The molecule has 0 spiro atoms. The van der Waals surface area contributed by atoms with Gasteiger partial charge in [-0.2, -0.15) is 8.42 Å². The number of anilines is 4. The molecule has 37 heavy (non-hydrogen) atoms. The molecule has 1 atom stereocenters. The topological polar surface area (TPSA) is 156 Å². The van der Waals surface area contributed by atoms with Crippen LogP contribution in [0.25, 0.3) is 10.9 Å². The molecule has 1 aliphatic rings. The van der Waals surface area contributed by atoms with E-state index in [0.29, 0.717) is 25.0 Å². The maximum atomic E-state index is 12.0. The maximum Gasteiger partial charge on any atom is 0.261 e. The predicted octanol–water partition coefficient (Wildman–Crippen LogP) is 1.79. The number of nitrogens with one attached hydrogen (secondary N) is 2. The van der Waals surface area contributed by atoms with Crippen LogP contribution in [-0.4, -0.2) is 89.4 Å². The van der Waals surface area contributed by atoms with Crippen LogP contribution >= 0.6 is 0 Å². The summed E-state index contributed by atoms with van der Waals surface area (Å²) in [7, 11) is -4.98. The van der Waals surface area contributed by atoms with E-state index in [0.717, 1.165) is 53.9 Å². The lowest BCUT2D eigenvalue weighted by molar-refractivity contribution is -0.109. The number of fused-ring (bicyclic) bond motifs is 1. The molecular formula is C23H32N6O6S2. The molecule has 0 bridgehead atoms. The number of aromatic amines is 1. The number of aldehydes is 1. The number of pyridine rings is 1. The quantitative estimate of drug-likeness (QED) is 0.292. The van der Waals surface area contributed by atoms with Crippen LogP contribution in [0.3, 0.4) is 0 Å². The zero-order valence-electron chi connectivity index (χ0n) is 21.1. The van der Waals surface area contributed by atoms with Crippen LogP contribution in [0.4, 0.5) is 23.0 Å². The first-order valence-electron chi connectivity index (χ1n) is 11.4. The van der Waals surface area contributed by atoms with Crippen molar-refractivity contribution in [2.45, 2.75) is 13.0 Å². The van der Waals surface area contributed by atoms with Gasteiger partial charge in [-0.1, -0.05) is 0 Å². The third-order valence-electron chi connectivity index (χ3n) is 5.75. The van der Waals surface area contributed by atoms with Crippen LogP contribution in [0.2, 0.25) is 0 Å². The SMILES string of the molecule is CCN(C)c1cccnc1N1CCN(c2cc3cc(NS(C)(=O)=O)ccc3[nH]2)C(C=O)C1.CS(=O)(=O)O. The number of carbonyl (C=O) groups is 1. The smallest absolute Gasteiger partial charge is 0.261 e. The first-order valence-corrected chi connectivity index (χ1v) is 15.2. The molecule has 202 valence electrons. The van der Waals surface area contributed by atoms with Gasteiger partial charge in [0.05, 0.1) is 18.2 Å². The Hall–Kier alpha value is -3.36. The van der Waals surface area contributed by atoms with E-state index in [1.807, 2.05) is 31.3 Å². The second kappa shape index (κ2) is 11.4. The van der Waals surface area contributed by atoms with Crippen LogP contribution in [0.15, 0.2) is 42.6 Å². The Balaban J connectivity index is 0.000000695. The average Bonchev–Trinajstić information content (AvgIpc) is 3.24. The minimum absolute atomic E-state index is 0.341. The molecule has 0 aliphatic carbocycles. The number of sulfonamides is 1. The van der Waals surface area contributed by atoms with E-state index in [-0.39, 0.29) is 6.04 Å². The van der Waals surface area contributed by atoms with Gasteiger partial charge >= 0.3 is 0 Å². The van der Waals surface area contributed by atoms with E-state index < -0.39 is 20.1 Å². The molecular weight excluding hydrogens is 520 g/mol. The van der Waals surface area contributed by atoms with Gasteiger partial charge in [0.1, 0.15) is 18.1 Å². The lowest BCUT2D eigenvalue weighted by Gasteiger charge is -2.41. The fourth-order valence-corrected chi connectivity index (χ4v) is 4.62. The largest absolute Gasteiger partial charge is 0.372 e. The zero-order valence-corrected chi connectivity index (χ0v) is 22.8. The molecule has 0 amide bonds. The molecule has 3 N–H and O–H groups in total. The summed E-state index contributed by atoms with van der Waals surface area (Å²) in [6.45, 7) is 4.86. The van der Waals surface area contributed by atoms with E-state index >= 15 is 0 Å². The molecule has 1 saturated heterocycles. The van der Waals surface area contributed by atoms with E-state index in [4.69, 9.17) is 4.55 Å². The van der Waals surface area contributed by atoms with Gasteiger partial charge in [0.15, 0.2) is 5.82 Å². The Morgan fingerprint density at radius 3 is 2.51 bits per heavy atom. The number of carbonyl (C=O) groups excluding carboxylic acids is 1. The molecule has 14 heteroatoms. The number of nitrogens with zero attached hydrogens (tertiary/aromatic N) is 4. The molecule has 0 saturated carbocycles. The lowest BCUT2D eigenvalue weighted by atomic mass is 10.1. The first kappa shape index (κ1) is 28.2. The number of hydrogen-bond donors (Lipinski definition) is 3. The van der Waals surface area contributed by atoms with Crippen LogP contribution in [0.5, 0.6) is 0 Å². The molecule has 1 aromatic carbocycles. The molecule has 1 unspecified atom stereocenters. The summed E-state index contributed by atoms with van der Waals surface area (Å²) in [6, 6.07) is 10.9. The van der Waals surface area contributed by atoms with E-state index in [1.54, 1.807) is 18.3 Å². The molecule has 1 aliphatic heterocycles. The Kier molecular flexibility index (Phi) is 8.66. The Morgan fingerprint density at radius 2 is 1.89 bits per heavy atom. The van der Waals surface area contributed by atoms with Crippen LogP contribution in [0, 0.1) is 0 Å². The summed E-state index contributed by atoms with van der Waals surface area (Å²) >= 11 is 0.